The van der Waals surface area contributed by atoms with Crippen LogP contribution in [-0.2, 0) is 16.0 Å². The number of carbonyl (C=O) groups is 1. The Morgan fingerprint density at radius 3 is 2.74 bits per heavy atom. The third-order valence-electron chi connectivity index (χ3n) is 4.85. The first-order valence-electron chi connectivity index (χ1n) is 10.3. The Labute approximate surface area is 185 Å². The smallest absolute Gasteiger partial charge is 0.343 e. The van der Waals surface area contributed by atoms with Gasteiger partial charge in [0.15, 0.2) is 10.9 Å². The van der Waals surface area contributed by atoms with E-state index in [1.165, 1.54) is 6.20 Å². The van der Waals surface area contributed by atoms with E-state index in [4.69, 9.17) is 14.5 Å². The summed E-state index contributed by atoms with van der Waals surface area (Å²) in [6, 6.07) is 10.1. The molecule has 9 heteroatoms. The van der Waals surface area contributed by atoms with Gasteiger partial charge in [0.1, 0.15) is 11.4 Å². The van der Waals surface area contributed by atoms with E-state index in [1.54, 1.807) is 25.2 Å². The number of aromatic nitrogens is 3. The van der Waals surface area contributed by atoms with Gasteiger partial charge in [0, 0.05) is 36.3 Å². The number of aryl methyl sites for hydroxylation is 1. The number of esters is 1. The molecule has 3 aromatic rings. The fraction of sp³-hybridized carbons (Fsp3) is 0.364. The molecule has 2 aromatic heterocycles. The largest absolute Gasteiger partial charge is 0.462 e. The van der Waals surface area contributed by atoms with Crippen LogP contribution in [0, 0.1) is 6.92 Å². The van der Waals surface area contributed by atoms with Crippen LogP contribution in [-0.4, -0.2) is 58.7 Å². The topological polar surface area (TPSA) is 89.5 Å². The van der Waals surface area contributed by atoms with E-state index in [-0.39, 0.29) is 6.61 Å². The molecule has 8 nitrogen and oxygen atoms in total. The predicted octanol–water partition coefficient (Wildman–Crippen LogP) is 3.66. The highest BCUT2D eigenvalue weighted by atomic mass is 32.1. The van der Waals surface area contributed by atoms with Crippen molar-refractivity contribution in [3.63, 3.8) is 0 Å². The maximum atomic E-state index is 12.3. The molecular formula is C22H25N5O3S. The van der Waals surface area contributed by atoms with E-state index in [2.05, 4.69) is 32.3 Å². The fourth-order valence-corrected chi connectivity index (χ4v) is 4.35. The molecule has 0 radical (unpaired) electrons. The van der Waals surface area contributed by atoms with Crippen LogP contribution in [0.1, 0.15) is 28.0 Å². The Bertz CT molecular complexity index is 1030. The van der Waals surface area contributed by atoms with Crippen LogP contribution >= 0.6 is 11.3 Å². The number of thiazole rings is 1. The Hall–Kier alpha value is -2.88. The van der Waals surface area contributed by atoms with E-state index >= 15 is 0 Å². The summed E-state index contributed by atoms with van der Waals surface area (Å²) >= 11 is 1.57. The van der Waals surface area contributed by atoms with Gasteiger partial charge in [0.05, 0.1) is 25.5 Å². The second-order valence-electron chi connectivity index (χ2n) is 7.07. The Kier molecular flexibility index (Phi) is 6.86. The minimum Gasteiger partial charge on any atom is -0.462 e. The molecule has 3 heterocycles. The molecule has 1 aliphatic rings. The van der Waals surface area contributed by atoms with Gasteiger partial charge >= 0.3 is 5.97 Å². The van der Waals surface area contributed by atoms with Crippen molar-refractivity contribution >= 4 is 28.3 Å². The van der Waals surface area contributed by atoms with E-state index in [1.807, 2.05) is 18.2 Å². The first-order chi connectivity index (χ1) is 15.1. The molecule has 0 spiro atoms. The summed E-state index contributed by atoms with van der Waals surface area (Å²) in [5, 5.41) is 3.90. The number of ether oxygens (including phenoxy) is 2. The van der Waals surface area contributed by atoms with Crippen molar-refractivity contribution in [3.05, 3.63) is 52.8 Å². The Morgan fingerprint density at radius 2 is 2.00 bits per heavy atom. The van der Waals surface area contributed by atoms with Crippen molar-refractivity contribution in [1.82, 2.24) is 19.9 Å². The SMILES string of the molecule is CCOC(=O)c1cnc(C)nc1Nc1nc(-c2ccccc2)c(CN2CCOCC2)s1. The quantitative estimate of drug-likeness (QED) is 0.558. The zero-order valence-electron chi connectivity index (χ0n) is 17.6. The zero-order chi connectivity index (χ0) is 21.6. The van der Waals surface area contributed by atoms with Gasteiger partial charge in [-0.3, -0.25) is 4.90 Å². The molecule has 0 amide bonds. The Balaban J connectivity index is 1.66. The predicted molar refractivity (Wildman–Crippen MR) is 120 cm³/mol. The maximum absolute atomic E-state index is 12.3. The van der Waals surface area contributed by atoms with Gasteiger partial charge < -0.3 is 14.8 Å². The summed E-state index contributed by atoms with van der Waals surface area (Å²) in [6.45, 7) is 7.90. The summed E-state index contributed by atoms with van der Waals surface area (Å²) in [6.07, 6.45) is 1.49. The van der Waals surface area contributed by atoms with Gasteiger partial charge in [0.25, 0.3) is 0 Å². The van der Waals surface area contributed by atoms with E-state index in [9.17, 15) is 4.79 Å². The molecule has 0 saturated carbocycles. The number of morpholine rings is 1. The Morgan fingerprint density at radius 1 is 1.23 bits per heavy atom. The number of carbonyl (C=O) groups excluding carboxylic acids is 1. The molecule has 31 heavy (non-hydrogen) atoms. The molecule has 4 rings (SSSR count). The van der Waals surface area contributed by atoms with Crippen molar-refractivity contribution in [3.8, 4) is 11.3 Å². The number of rotatable bonds is 7. The van der Waals surface area contributed by atoms with Crippen LogP contribution in [0.5, 0.6) is 0 Å². The van der Waals surface area contributed by atoms with Crippen LogP contribution in [0.3, 0.4) is 0 Å². The summed E-state index contributed by atoms with van der Waals surface area (Å²) < 4.78 is 10.6. The van der Waals surface area contributed by atoms with Gasteiger partial charge in [-0.15, -0.1) is 0 Å². The third kappa shape index (κ3) is 5.25. The number of nitrogens with zero attached hydrogens (tertiary/aromatic N) is 4. The van der Waals surface area contributed by atoms with E-state index < -0.39 is 5.97 Å². The molecule has 1 fully saturated rings. The lowest BCUT2D eigenvalue weighted by molar-refractivity contribution is 0.0347. The lowest BCUT2D eigenvalue weighted by Crippen LogP contribution is -2.35. The van der Waals surface area contributed by atoms with Crippen LogP contribution in [0.4, 0.5) is 10.9 Å². The summed E-state index contributed by atoms with van der Waals surface area (Å²) in [4.78, 5) is 29.3. The molecule has 0 aliphatic carbocycles. The highest BCUT2D eigenvalue weighted by Crippen LogP contribution is 2.34. The second-order valence-corrected chi connectivity index (χ2v) is 8.15. The van der Waals surface area contributed by atoms with Crippen molar-refractivity contribution in [1.29, 1.82) is 0 Å². The van der Waals surface area contributed by atoms with Gasteiger partial charge in [-0.05, 0) is 13.8 Å². The molecule has 1 N–H and O–H groups in total. The first kappa shape index (κ1) is 21.4. The van der Waals surface area contributed by atoms with E-state index in [0.29, 0.717) is 22.3 Å². The molecule has 1 saturated heterocycles. The van der Waals surface area contributed by atoms with Crippen molar-refractivity contribution in [2.24, 2.45) is 0 Å². The summed E-state index contributed by atoms with van der Waals surface area (Å²) in [7, 11) is 0. The molecule has 0 unspecified atom stereocenters. The van der Waals surface area contributed by atoms with Crippen molar-refractivity contribution < 1.29 is 14.3 Å². The molecule has 0 atom stereocenters. The summed E-state index contributed by atoms with van der Waals surface area (Å²) in [5.74, 6) is 0.500. The normalized spacial score (nSPS) is 14.4. The number of hydrogen-bond acceptors (Lipinski definition) is 9. The van der Waals surface area contributed by atoms with Crippen LogP contribution in [0.2, 0.25) is 0 Å². The van der Waals surface area contributed by atoms with Crippen LogP contribution in [0.25, 0.3) is 11.3 Å². The zero-order valence-corrected chi connectivity index (χ0v) is 18.4. The summed E-state index contributed by atoms with van der Waals surface area (Å²) in [5.41, 5.74) is 2.28. The van der Waals surface area contributed by atoms with Gasteiger partial charge in [0.2, 0.25) is 0 Å². The molecular weight excluding hydrogens is 414 g/mol. The van der Waals surface area contributed by atoms with Gasteiger partial charge in [-0.25, -0.2) is 19.7 Å². The van der Waals surface area contributed by atoms with Crippen LogP contribution < -0.4 is 5.32 Å². The fourth-order valence-electron chi connectivity index (χ4n) is 3.32. The lowest BCUT2D eigenvalue weighted by atomic mass is 10.1. The highest BCUT2D eigenvalue weighted by molar-refractivity contribution is 7.16. The molecule has 0 bridgehead atoms. The molecule has 1 aliphatic heterocycles. The average Bonchev–Trinajstić information content (AvgIpc) is 3.17. The number of hydrogen-bond donors (Lipinski definition) is 1. The minimum atomic E-state index is -0.460. The average molecular weight is 440 g/mol. The third-order valence-corrected chi connectivity index (χ3v) is 5.80. The molecule has 162 valence electrons. The maximum Gasteiger partial charge on any atom is 0.343 e. The van der Waals surface area contributed by atoms with Gasteiger partial charge in [-0.1, -0.05) is 41.7 Å². The highest BCUT2D eigenvalue weighted by Gasteiger charge is 2.21. The van der Waals surface area contributed by atoms with Crippen LogP contribution in [0.15, 0.2) is 36.5 Å². The van der Waals surface area contributed by atoms with E-state index in [0.717, 1.165) is 49.0 Å². The monoisotopic (exact) mass is 439 g/mol. The van der Waals surface area contributed by atoms with Crippen molar-refractivity contribution in [2.75, 3.05) is 38.2 Å². The second kappa shape index (κ2) is 9.95. The van der Waals surface area contributed by atoms with Crippen molar-refractivity contribution in [2.45, 2.75) is 20.4 Å². The minimum absolute atomic E-state index is 0.283. The lowest BCUT2D eigenvalue weighted by Gasteiger charge is -2.26. The number of benzene rings is 1. The molecule has 1 aromatic carbocycles. The number of anilines is 2. The van der Waals surface area contributed by atoms with Gasteiger partial charge in [-0.2, -0.15) is 0 Å². The standard InChI is InChI=1S/C22H25N5O3S/c1-3-30-21(28)17-13-23-15(2)24-20(17)26-22-25-19(16-7-5-4-6-8-16)18(31-22)14-27-9-11-29-12-10-27/h4-8,13H,3,9-12,14H2,1-2H3,(H,23,24,25,26). The number of nitrogens with one attached hydrogen (secondary N) is 1. The first-order valence-corrected chi connectivity index (χ1v) is 11.1.